The lowest BCUT2D eigenvalue weighted by molar-refractivity contribution is 0.549. The van der Waals surface area contributed by atoms with Crippen LogP contribution in [-0.2, 0) is 0 Å². The molecule has 0 aliphatic heterocycles. The van der Waals surface area contributed by atoms with Crippen LogP contribution in [0.25, 0.3) is 16.9 Å². The lowest BCUT2D eigenvalue weighted by Gasteiger charge is -2.12. The minimum Gasteiger partial charge on any atom is -0.437 e. The number of aromatic nitrogens is 3. The summed E-state index contributed by atoms with van der Waals surface area (Å²) in [6, 6.07) is 9.62. The number of benzene rings is 1. The SMILES string of the molecule is CB(O)NCCCCNc1cc(-c2ccccc2Cl)nc2c(Br)cnn12. The minimum absolute atomic E-state index is 0.470. The number of fused-ring (bicyclic) bond motifs is 1. The zero-order chi connectivity index (χ0) is 18.5. The summed E-state index contributed by atoms with van der Waals surface area (Å²) >= 11 is 9.84. The van der Waals surface area contributed by atoms with Crippen molar-refractivity contribution in [2.45, 2.75) is 19.7 Å². The normalized spacial score (nSPS) is 11.1. The molecule has 0 unspecified atom stereocenters. The van der Waals surface area contributed by atoms with Crippen LogP contribution in [0.1, 0.15) is 12.8 Å². The number of nitrogens with zero attached hydrogens (tertiary/aromatic N) is 3. The fourth-order valence-electron chi connectivity index (χ4n) is 2.65. The van der Waals surface area contributed by atoms with Crippen molar-refractivity contribution in [3.8, 4) is 11.3 Å². The number of unbranched alkanes of at least 4 members (excludes halogenated alkanes) is 1. The van der Waals surface area contributed by atoms with E-state index in [0.717, 1.165) is 53.1 Å². The average Bonchev–Trinajstić information content (AvgIpc) is 2.99. The molecule has 0 amide bonds. The van der Waals surface area contributed by atoms with Crippen molar-refractivity contribution in [3.63, 3.8) is 0 Å². The molecule has 0 aliphatic carbocycles. The Bertz CT molecular complexity index is 889. The van der Waals surface area contributed by atoms with Gasteiger partial charge in [-0.1, -0.05) is 29.8 Å². The second-order valence-electron chi connectivity index (χ2n) is 6.00. The molecule has 0 aliphatic rings. The smallest absolute Gasteiger partial charge is 0.373 e. The van der Waals surface area contributed by atoms with Gasteiger partial charge in [-0.3, -0.25) is 0 Å². The minimum atomic E-state index is -0.470. The van der Waals surface area contributed by atoms with Crippen LogP contribution in [-0.4, -0.2) is 39.8 Å². The Kier molecular flexibility index (Phi) is 6.53. The fraction of sp³-hybridized carbons (Fsp3) is 0.294. The molecule has 0 radical (unpaired) electrons. The van der Waals surface area contributed by atoms with Crippen LogP contribution < -0.4 is 10.5 Å². The van der Waals surface area contributed by atoms with Crippen LogP contribution in [0.4, 0.5) is 5.82 Å². The number of rotatable bonds is 8. The summed E-state index contributed by atoms with van der Waals surface area (Å²) in [6.45, 7) is 3.29. The van der Waals surface area contributed by atoms with Crippen LogP contribution in [0.3, 0.4) is 0 Å². The van der Waals surface area contributed by atoms with E-state index in [1.165, 1.54) is 0 Å². The van der Waals surface area contributed by atoms with E-state index in [-0.39, 0.29) is 0 Å². The highest BCUT2D eigenvalue weighted by atomic mass is 79.9. The molecule has 0 bridgehead atoms. The molecular weight excluding hydrogens is 416 g/mol. The van der Waals surface area contributed by atoms with E-state index in [9.17, 15) is 5.02 Å². The van der Waals surface area contributed by atoms with Crippen LogP contribution in [0.15, 0.2) is 41.0 Å². The monoisotopic (exact) mass is 435 g/mol. The summed E-state index contributed by atoms with van der Waals surface area (Å²) in [7, 11) is -0.470. The number of hydrogen-bond donors (Lipinski definition) is 3. The Morgan fingerprint density at radius 2 is 2.04 bits per heavy atom. The molecule has 2 aromatic heterocycles. The van der Waals surface area contributed by atoms with Crippen molar-refractivity contribution in [3.05, 3.63) is 46.0 Å². The molecule has 0 spiro atoms. The third-order valence-electron chi connectivity index (χ3n) is 3.93. The molecule has 3 rings (SSSR count). The van der Waals surface area contributed by atoms with Crippen molar-refractivity contribution in [2.75, 3.05) is 18.4 Å². The lowest BCUT2D eigenvalue weighted by Crippen LogP contribution is -2.31. The van der Waals surface area contributed by atoms with Crippen molar-refractivity contribution in [1.29, 1.82) is 0 Å². The number of halogens is 2. The predicted octanol–water partition coefficient (Wildman–Crippen LogP) is 3.70. The third-order valence-corrected chi connectivity index (χ3v) is 4.82. The lowest BCUT2D eigenvalue weighted by atomic mass is 9.89. The molecule has 0 saturated heterocycles. The summed E-state index contributed by atoms with van der Waals surface area (Å²) in [4.78, 5) is 4.69. The Labute approximate surface area is 166 Å². The van der Waals surface area contributed by atoms with Crippen molar-refractivity contribution >= 4 is 46.0 Å². The van der Waals surface area contributed by atoms with Gasteiger partial charge >= 0.3 is 7.05 Å². The Morgan fingerprint density at radius 1 is 1.27 bits per heavy atom. The van der Waals surface area contributed by atoms with E-state index in [4.69, 9.17) is 16.6 Å². The molecule has 136 valence electrons. The van der Waals surface area contributed by atoms with Gasteiger partial charge in [0.1, 0.15) is 5.82 Å². The van der Waals surface area contributed by atoms with E-state index < -0.39 is 7.05 Å². The number of anilines is 1. The first-order valence-electron chi connectivity index (χ1n) is 8.51. The van der Waals surface area contributed by atoms with E-state index in [2.05, 4.69) is 31.6 Å². The standard InChI is InChI=1S/C17H20BBrClN5O/c1-18(26)22-9-5-4-8-21-16-10-15(12-6-2-3-7-14(12)20)24-17-13(19)11-23-25(16)17/h2-3,6-7,10-11,21-22,26H,4-5,8-9H2,1H3. The van der Waals surface area contributed by atoms with E-state index in [1.807, 2.05) is 30.3 Å². The summed E-state index contributed by atoms with van der Waals surface area (Å²) in [5.74, 6) is 0.860. The Morgan fingerprint density at radius 3 is 2.81 bits per heavy atom. The van der Waals surface area contributed by atoms with Crippen molar-refractivity contribution in [2.24, 2.45) is 0 Å². The van der Waals surface area contributed by atoms with Crippen LogP contribution in [0.2, 0.25) is 11.8 Å². The first-order valence-corrected chi connectivity index (χ1v) is 9.68. The molecular formula is C17H20BBrClN5O. The summed E-state index contributed by atoms with van der Waals surface area (Å²) in [6.07, 6.45) is 3.66. The molecule has 0 fully saturated rings. The summed E-state index contributed by atoms with van der Waals surface area (Å²) in [5.41, 5.74) is 2.41. The van der Waals surface area contributed by atoms with Crippen molar-refractivity contribution < 1.29 is 5.02 Å². The highest BCUT2D eigenvalue weighted by Crippen LogP contribution is 2.30. The molecule has 26 heavy (non-hydrogen) atoms. The molecule has 0 atom stereocenters. The maximum atomic E-state index is 9.21. The summed E-state index contributed by atoms with van der Waals surface area (Å²) in [5, 5.41) is 20.7. The maximum absolute atomic E-state index is 9.21. The quantitative estimate of drug-likeness (QED) is 0.371. The van der Waals surface area contributed by atoms with Gasteiger partial charge in [-0.05, 0) is 48.2 Å². The van der Waals surface area contributed by atoms with Gasteiger partial charge < -0.3 is 15.6 Å². The molecule has 0 saturated carbocycles. The van der Waals surface area contributed by atoms with Crippen LogP contribution >= 0.6 is 27.5 Å². The average molecular weight is 437 g/mol. The zero-order valence-electron chi connectivity index (χ0n) is 14.4. The van der Waals surface area contributed by atoms with Gasteiger partial charge in [-0.2, -0.15) is 9.61 Å². The van der Waals surface area contributed by atoms with Gasteiger partial charge in [0.05, 0.1) is 16.4 Å². The van der Waals surface area contributed by atoms with Gasteiger partial charge in [0.2, 0.25) is 0 Å². The Balaban J connectivity index is 1.79. The van der Waals surface area contributed by atoms with Gasteiger partial charge in [0, 0.05) is 23.2 Å². The molecule has 2 heterocycles. The first kappa shape index (κ1) is 19.2. The predicted molar refractivity (Wildman–Crippen MR) is 111 cm³/mol. The second kappa shape index (κ2) is 8.86. The van der Waals surface area contributed by atoms with Crippen LogP contribution in [0, 0.1) is 0 Å². The largest absolute Gasteiger partial charge is 0.437 e. The van der Waals surface area contributed by atoms with Gasteiger partial charge in [0.25, 0.3) is 0 Å². The Hall–Kier alpha value is -1.61. The number of nitrogens with one attached hydrogen (secondary N) is 2. The third kappa shape index (κ3) is 4.56. The number of hydrogen-bond acceptors (Lipinski definition) is 5. The topological polar surface area (TPSA) is 74.5 Å². The zero-order valence-corrected chi connectivity index (χ0v) is 16.8. The second-order valence-corrected chi connectivity index (χ2v) is 7.26. The fourth-order valence-corrected chi connectivity index (χ4v) is 3.23. The maximum Gasteiger partial charge on any atom is 0.373 e. The van der Waals surface area contributed by atoms with Gasteiger partial charge in [-0.15, -0.1) is 0 Å². The molecule has 3 aromatic rings. The van der Waals surface area contributed by atoms with Crippen LogP contribution in [0.5, 0.6) is 0 Å². The van der Waals surface area contributed by atoms with E-state index in [1.54, 1.807) is 17.5 Å². The van der Waals surface area contributed by atoms with Crippen molar-refractivity contribution in [1.82, 2.24) is 19.8 Å². The molecule has 9 heteroatoms. The van der Waals surface area contributed by atoms with E-state index >= 15 is 0 Å². The first-order chi connectivity index (χ1) is 12.6. The molecule has 6 nitrogen and oxygen atoms in total. The van der Waals surface area contributed by atoms with E-state index in [0.29, 0.717) is 5.02 Å². The van der Waals surface area contributed by atoms with Gasteiger partial charge in [0.15, 0.2) is 5.65 Å². The highest BCUT2D eigenvalue weighted by molar-refractivity contribution is 9.10. The summed E-state index contributed by atoms with van der Waals surface area (Å²) < 4.78 is 2.61. The van der Waals surface area contributed by atoms with Gasteiger partial charge in [-0.25, -0.2) is 4.98 Å². The molecule has 1 aromatic carbocycles. The highest BCUT2D eigenvalue weighted by Gasteiger charge is 2.13. The molecule has 3 N–H and O–H groups in total.